The third-order valence-electron chi connectivity index (χ3n) is 2.10. The molecule has 1 aliphatic rings. The normalized spacial score (nSPS) is 14.0. The van der Waals surface area contributed by atoms with Crippen molar-refractivity contribution in [3.63, 3.8) is 0 Å². The van der Waals surface area contributed by atoms with Crippen LogP contribution in [0, 0.1) is 10.1 Å². The first-order valence-corrected chi connectivity index (χ1v) is 4.33. The van der Waals surface area contributed by atoms with Gasteiger partial charge in [-0.05, 0) is 23.3 Å². The highest BCUT2D eigenvalue weighted by Crippen LogP contribution is 2.26. The van der Waals surface area contributed by atoms with E-state index in [2.05, 4.69) is 0 Å². The summed E-state index contributed by atoms with van der Waals surface area (Å²) >= 11 is 0. The Kier molecular flexibility index (Phi) is 2.18. The Morgan fingerprint density at radius 2 is 2.36 bits per heavy atom. The van der Waals surface area contributed by atoms with Gasteiger partial charge in [0.25, 0.3) is 0 Å². The summed E-state index contributed by atoms with van der Waals surface area (Å²) in [7, 11) is 0. The van der Waals surface area contributed by atoms with E-state index in [1.807, 2.05) is 18.2 Å². The van der Waals surface area contributed by atoms with Gasteiger partial charge in [-0.2, -0.15) is 0 Å². The summed E-state index contributed by atoms with van der Waals surface area (Å²) in [6.07, 6.45) is 3.31. The van der Waals surface area contributed by atoms with Crippen LogP contribution in [0.25, 0.3) is 6.08 Å². The molecule has 14 heavy (non-hydrogen) atoms. The Morgan fingerprint density at radius 3 is 3.14 bits per heavy atom. The van der Waals surface area contributed by atoms with Crippen LogP contribution in [0.15, 0.2) is 24.4 Å². The number of hydrogen-bond donors (Lipinski definition) is 0. The third kappa shape index (κ3) is 1.74. The van der Waals surface area contributed by atoms with Crippen LogP contribution in [0.5, 0.6) is 5.75 Å². The quantitative estimate of drug-likeness (QED) is 0.529. The van der Waals surface area contributed by atoms with Crippen LogP contribution in [-0.2, 0) is 6.42 Å². The van der Waals surface area contributed by atoms with Crippen LogP contribution in [-0.4, -0.2) is 11.5 Å². The molecule has 1 aromatic carbocycles. The third-order valence-corrected chi connectivity index (χ3v) is 2.10. The standard InChI is InChI=1S/C10H9NO3/c12-11(13)5-3-8-1-2-10-9(7-8)4-6-14-10/h1-3,5,7H,4,6H2. The van der Waals surface area contributed by atoms with E-state index in [4.69, 9.17) is 4.74 Å². The van der Waals surface area contributed by atoms with Gasteiger partial charge in [-0.1, -0.05) is 6.07 Å². The minimum atomic E-state index is -0.469. The monoisotopic (exact) mass is 191 g/mol. The molecule has 0 spiro atoms. The van der Waals surface area contributed by atoms with Crippen LogP contribution < -0.4 is 4.74 Å². The molecule has 0 radical (unpaired) electrons. The first-order valence-electron chi connectivity index (χ1n) is 4.33. The summed E-state index contributed by atoms with van der Waals surface area (Å²) in [4.78, 5) is 9.63. The van der Waals surface area contributed by atoms with E-state index in [0.717, 1.165) is 29.5 Å². The smallest absolute Gasteiger partial charge is 0.235 e. The molecule has 0 fully saturated rings. The molecule has 0 unspecified atom stereocenters. The van der Waals surface area contributed by atoms with Gasteiger partial charge < -0.3 is 4.74 Å². The second-order valence-corrected chi connectivity index (χ2v) is 3.07. The van der Waals surface area contributed by atoms with Gasteiger partial charge in [-0.15, -0.1) is 0 Å². The molecule has 1 heterocycles. The molecule has 0 saturated carbocycles. The van der Waals surface area contributed by atoms with Gasteiger partial charge in [0.1, 0.15) is 5.75 Å². The number of benzene rings is 1. The van der Waals surface area contributed by atoms with Crippen LogP contribution in [0.1, 0.15) is 11.1 Å². The Morgan fingerprint density at radius 1 is 1.50 bits per heavy atom. The van der Waals surface area contributed by atoms with Crippen LogP contribution >= 0.6 is 0 Å². The number of nitrogens with zero attached hydrogens (tertiary/aromatic N) is 1. The molecule has 0 amide bonds. The minimum absolute atomic E-state index is 0.469. The maximum absolute atomic E-state index is 10.1. The summed E-state index contributed by atoms with van der Waals surface area (Å²) in [5.74, 6) is 0.892. The van der Waals surface area contributed by atoms with Gasteiger partial charge >= 0.3 is 0 Å². The van der Waals surface area contributed by atoms with Gasteiger partial charge in [0.05, 0.1) is 11.5 Å². The van der Waals surface area contributed by atoms with Crippen molar-refractivity contribution < 1.29 is 9.66 Å². The first-order chi connectivity index (χ1) is 6.75. The average Bonchev–Trinajstić information content (AvgIpc) is 2.61. The van der Waals surface area contributed by atoms with Crippen LogP contribution in [0.3, 0.4) is 0 Å². The molecule has 1 aromatic rings. The fourth-order valence-electron chi connectivity index (χ4n) is 1.46. The van der Waals surface area contributed by atoms with Crippen molar-refractivity contribution in [2.75, 3.05) is 6.61 Å². The van der Waals surface area contributed by atoms with E-state index in [1.165, 1.54) is 6.08 Å². The number of ether oxygens (including phenoxy) is 1. The van der Waals surface area contributed by atoms with E-state index in [9.17, 15) is 10.1 Å². The molecule has 0 N–H and O–H groups in total. The summed E-state index contributed by atoms with van der Waals surface area (Å²) in [6, 6.07) is 5.58. The predicted molar refractivity (Wildman–Crippen MR) is 51.7 cm³/mol. The summed E-state index contributed by atoms with van der Waals surface area (Å²) < 4.78 is 5.32. The highest BCUT2D eigenvalue weighted by molar-refractivity contribution is 5.53. The Bertz CT molecular complexity index is 398. The van der Waals surface area contributed by atoms with Gasteiger partial charge in [0.2, 0.25) is 6.20 Å². The largest absolute Gasteiger partial charge is 0.493 e. The van der Waals surface area contributed by atoms with E-state index < -0.39 is 4.92 Å². The maximum Gasteiger partial charge on any atom is 0.235 e. The fourth-order valence-corrected chi connectivity index (χ4v) is 1.46. The lowest BCUT2D eigenvalue weighted by Crippen LogP contribution is -1.85. The molecule has 0 bridgehead atoms. The molecular weight excluding hydrogens is 182 g/mol. The Hall–Kier alpha value is -1.84. The molecule has 72 valence electrons. The molecule has 4 heteroatoms. The van der Waals surface area contributed by atoms with Crippen molar-refractivity contribution in [3.8, 4) is 5.75 Å². The van der Waals surface area contributed by atoms with E-state index in [0.29, 0.717) is 6.61 Å². The second kappa shape index (κ2) is 3.49. The molecule has 0 atom stereocenters. The lowest BCUT2D eigenvalue weighted by Gasteiger charge is -1.98. The van der Waals surface area contributed by atoms with Gasteiger partial charge in [0, 0.05) is 12.5 Å². The molecular formula is C10H9NO3. The lowest BCUT2D eigenvalue weighted by molar-refractivity contribution is -0.400. The summed E-state index contributed by atoms with van der Waals surface area (Å²) in [5.41, 5.74) is 1.96. The zero-order chi connectivity index (χ0) is 9.97. The highest BCUT2D eigenvalue weighted by atomic mass is 16.6. The van der Waals surface area contributed by atoms with E-state index in [1.54, 1.807) is 0 Å². The molecule has 2 rings (SSSR count). The summed E-state index contributed by atoms with van der Waals surface area (Å²) in [5, 5.41) is 10.1. The van der Waals surface area contributed by atoms with Crippen LogP contribution in [0.4, 0.5) is 0 Å². The zero-order valence-corrected chi connectivity index (χ0v) is 7.47. The number of nitro groups is 1. The molecule has 1 aliphatic heterocycles. The molecule has 0 aliphatic carbocycles. The number of fused-ring (bicyclic) bond motifs is 1. The summed E-state index contributed by atoms with van der Waals surface area (Å²) in [6.45, 7) is 0.706. The van der Waals surface area contributed by atoms with Gasteiger partial charge in [0.15, 0.2) is 0 Å². The zero-order valence-electron chi connectivity index (χ0n) is 7.47. The highest BCUT2D eigenvalue weighted by Gasteiger charge is 2.11. The van der Waals surface area contributed by atoms with Crippen molar-refractivity contribution in [1.82, 2.24) is 0 Å². The maximum atomic E-state index is 10.1. The van der Waals surface area contributed by atoms with Crippen molar-refractivity contribution in [2.24, 2.45) is 0 Å². The lowest BCUT2D eigenvalue weighted by atomic mass is 10.1. The van der Waals surface area contributed by atoms with Crippen molar-refractivity contribution >= 4 is 6.08 Å². The first kappa shape index (κ1) is 8.74. The number of rotatable bonds is 2. The minimum Gasteiger partial charge on any atom is -0.493 e. The van der Waals surface area contributed by atoms with Crippen molar-refractivity contribution in [3.05, 3.63) is 45.6 Å². The molecule has 4 nitrogen and oxygen atoms in total. The van der Waals surface area contributed by atoms with E-state index in [-0.39, 0.29) is 0 Å². The van der Waals surface area contributed by atoms with Crippen molar-refractivity contribution in [1.29, 1.82) is 0 Å². The predicted octanol–water partition coefficient (Wildman–Crippen LogP) is 1.87. The number of hydrogen-bond acceptors (Lipinski definition) is 3. The Balaban J connectivity index is 2.25. The SMILES string of the molecule is O=[N+]([O-])C=Cc1ccc2c(c1)CCO2. The average molecular weight is 191 g/mol. The Labute approximate surface area is 81.0 Å². The van der Waals surface area contributed by atoms with Gasteiger partial charge in [-0.3, -0.25) is 10.1 Å². The molecule has 0 saturated heterocycles. The van der Waals surface area contributed by atoms with E-state index >= 15 is 0 Å². The fraction of sp³-hybridized carbons (Fsp3) is 0.200. The van der Waals surface area contributed by atoms with Crippen LogP contribution in [0.2, 0.25) is 0 Å². The molecule has 0 aromatic heterocycles. The topological polar surface area (TPSA) is 52.4 Å². The van der Waals surface area contributed by atoms with Gasteiger partial charge in [-0.25, -0.2) is 0 Å². The van der Waals surface area contributed by atoms with Crippen molar-refractivity contribution in [2.45, 2.75) is 6.42 Å². The second-order valence-electron chi connectivity index (χ2n) is 3.07.